The zero-order valence-corrected chi connectivity index (χ0v) is 13.5. The number of ether oxygens (including phenoxy) is 1. The largest absolute Gasteiger partial charge is 0.484 e. The summed E-state index contributed by atoms with van der Waals surface area (Å²) in [6.07, 6.45) is 0. The van der Waals surface area contributed by atoms with Gasteiger partial charge in [-0.15, -0.1) is 0 Å². The van der Waals surface area contributed by atoms with Gasteiger partial charge >= 0.3 is 0 Å². The third-order valence-corrected chi connectivity index (χ3v) is 3.70. The third-order valence-electron chi connectivity index (χ3n) is 3.40. The van der Waals surface area contributed by atoms with Crippen molar-refractivity contribution < 1.29 is 9.53 Å². The van der Waals surface area contributed by atoms with Gasteiger partial charge in [-0.1, -0.05) is 35.4 Å². The summed E-state index contributed by atoms with van der Waals surface area (Å²) >= 11 is 6.11. The molecular weight excluding hydrogens is 284 g/mol. The predicted molar refractivity (Wildman–Crippen MR) is 86.7 cm³/mol. The zero-order chi connectivity index (χ0) is 15.6. The first kappa shape index (κ1) is 15.6. The molecule has 0 aliphatic rings. The summed E-state index contributed by atoms with van der Waals surface area (Å²) in [7, 11) is 0. The van der Waals surface area contributed by atoms with Crippen molar-refractivity contribution in [3.63, 3.8) is 0 Å². The van der Waals surface area contributed by atoms with Crippen molar-refractivity contribution in [2.24, 2.45) is 0 Å². The van der Waals surface area contributed by atoms with Gasteiger partial charge < -0.3 is 4.74 Å². The Morgan fingerprint density at radius 1 is 1.00 bits per heavy atom. The monoisotopic (exact) mass is 302 g/mol. The quantitative estimate of drug-likeness (QED) is 0.756. The van der Waals surface area contributed by atoms with Crippen molar-refractivity contribution in [2.45, 2.75) is 27.7 Å². The van der Waals surface area contributed by atoms with E-state index in [4.69, 9.17) is 16.3 Å². The molecule has 0 aromatic heterocycles. The Bertz CT molecular complexity index is 667. The van der Waals surface area contributed by atoms with Crippen LogP contribution in [0.4, 0.5) is 0 Å². The maximum Gasteiger partial charge on any atom is 0.200 e. The van der Waals surface area contributed by atoms with Gasteiger partial charge in [0.25, 0.3) is 0 Å². The first-order valence-corrected chi connectivity index (χ1v) is 7.26. The number of hydrogen-bond donors (Lipinski definition) is 0. The number of aryl methyl sites for hydroxylation is 4. The van der Waals surface area contributed by atoms with Crippen LogP contribution in [0.25, 0.3) is 0 Å². The van der Waals surface area contributed by atoms with Crippen molar-refractivity contribution in [1.82, 2.24) is 0 Å². The van der Waals surface area contributed by atoms with Gasteiger partial charge in [-0.25, -0.2) is 0 Å². The van der Waals surface area contributed by atoms with Crippen molar-refractivity contribution in [2.75, 3.05) is 6.61 Å². The number of benzene rings is 2. The Morgan fingerprint density at radius 2 is 1.62 bits per heavy atom. The Labute approximate surface area is 130 Å². The molecule has 2 nitrogen and oxygen atoms in total. The molecule has 0 radical (unpaired) electrons. The van der Waals surface area contributed by atoms with E-state index in [2.05, 4.69) is 0 Å². The predicted octanol–water partition coefficient (Wildman–Crippen LogP) is 4.84. The van der Waals surface area contributed by atoms with Gasteiger partial charge in [0.2, 0.25) is 5.78 Å². The van der Waals surface area contributed by atoms with E-state index < -0.39 is 0 Å². The fraction of sp³-hybridized carbons (Fsp3) is 0.278. The lowest BCUT2D eigenvalue weighted by Gasteiger charge is -2.12. The number of rotatable bonds is 4. The van der Waals surface area contributed by atoms with Crippen molar-refractivity contribution in [3.05, 3.63) is 63.2 Å². The Kier molecular flexibility index (Phi) is 4.69. The van der Waals surface area contributed by atoms with Crippen molar-refractivity contribution in [1.29, 1.82) is 0 Å². The standard InChI is InChI=1S/C18H19ClO2/c1-11-5-6-17(15(19)9-11)21-10-16(20)18-13(3)7-12(2)8-14(18)4/h5-9H,10H2,1-4H3. The van der Waals surface area contributed by atoms with Crippen LogP contribution in [0.1, 0.15) is 32.6 Å². The van der Waals surface area contributed by atoms with Gasteiger partial charge in [-0.3, -0.25) is 4.79 Å². The second kappa shape index (κ2) is 6.31. The van der Waals surface area contributed by atoms with Crippen LogP contribution in [0.15, 0.2) is 30.3 Å². The molecule has 0 fully saturated rings. The number of carbonyl (C=O) groups is 1. The van der Waals surface area contributed by atoms with E-state index in [0.717, 1.165) is 27.8 Å². The summed E-state index contributed by atoms with van der Waals surface area (Å²) in [5, 5.41) is 0.528. The SMILES string of the molecule is Cc1cc(C)c(C(=O)COc2ccc(C)cc2Cl)c(C)c1. The van der Waals surface area contributed by atoms with Crippen LogP contribution < -0.4 is 4.74 Å². The lowest BCUT2D eigenvalue weighted by molar-refractivity contribution is 0.0920. The van der Waals surface area contributed by atoms with Crippen molar-refractivity contribution in [3.8, 4) is 5.75 Å². The fourth-order valence-corrected chi connectivity index (χ4v) is 2.85. The third kappa shape index (κ3) is 3.64. The molecule has 3 heteroatoms. The highest BCUT2D eigenvalue weighted by Gasteiger charge is 2.14. The molecular formula is C18H19ClO2. The first-order valence-electron chi connectivity index (χ1n) is 6.88. The van der Waals surface area contributed by atoms with Gasteiger partial charge in [0.15, 0.2) is 6.61 Å². The van der Waals surface area contributed by atoms with Gasteiger partial charge in [-0.2, -0.15) is 0 Å². The Balaban J connectivity index is 2.16. The summed E-state index contributed by atoms with van der Waals surface area (Å²) in [6.45, 7) is 7.88. The smallest absolute Gasteiger partial charge is 0.200 e. The minimum Gasteiger partial charge on any atom is -0.484 e. The Hall–Kier alpha value is -1.80. The molecule has 2 aromatic rings. The Morgan fingerprint density at radius 3 is 2.19 bits per heavy atom. The van der Waals surface area contributed by atoms with Crippen LogP contribution in [-0.4, -0.2) is 12.4 Å². The molecule has 0 heterocycles. The van der Waals surface area contributed by atoms with Crippen LogP contribution in [0, 0.1) is 27.7 Å². The molecule has 110 valence electrons. The molecule has 0 spiro atoms. The van der Waals surface area contributed by atoms with E-state index in [9.17, 15) is 4.79 Å². The first-order chi connectivity index (χ1) is 9.88. The van der Waals surface area contributed by atoms with Crippen LogP contribution in [0.3, 0.4) is 0 Å². The molecule has 2 rings (SSSR count). The van der Waals surface area contributed by atoms with Gasteiger partial charge in [-0.05, 0) is 56.5 Å². The van der Waals surface area contributed by atoms with E-state index in [1.807, 2.05) is 52.0 Å². The van der Waals surface area contributed by atoms with Crippen LogP contribution in [-0.2, 0) is 0 Å². The average Bonchev–Trinajstić information content (AvgIpc) is 2.36. The maximum absolute atomic E-state index is 12.4. The molecule has 0 saturated carbocycles. The minimum atomic E-state index is -0.0263. The second-order valence-electron chi connectivity index (χ2n) is 5.42. The lowest BCUT2D eigenvalue weighted by Crippen LogP contribution is -2.14. The summed E-state index contributed by atoms with van der Waals surface area (Å²) < 4.78 is 5.57. The summed E-state index contributed by atoms with van der Waals surface area (Å²) in [5.41, 5.74) is 4.92. The summed E-state index contributed by atoms with van der Waals surface area (Å²) in [5.74, 6) is 0.514. The molecule has 21 heavy (non-hydrogen) atoms. The number of Topliss-reactive ketones (excluding diaryl/α,β-unsaturated/α-hetero) is 1. The molecule has 0 bridgehead atoms. The van der Waals surface area contributed by atoms with Gasteiger partial charge in [0.05, 0.1) is 5.02 Å². The molecule has 0 unspecified atom stereocenters. The molecule has 0 saturated heterocycles. The van der Waals surface area contributed by atoms with E-state index >= 15 is 0 Å². The summed E-state index contributed by atoms with van der Waals surface area (Å²) in [4.78, 5) is 12.4. The van der Waals surface area contributed by atoms with Crippen molar-refractivity contribution >= 4 is 17.4 Å². The zero-order valence-electron chi connectivity index (χ0n) is 12.8. The number of ketones is 1. The normalized spacial score (nSPS) is 10.5. The van der Waals surface area contributed by atoms with Gasteiger partial charge in [0.1, 0.15) is 5.75 Å². The highest BCUT2D eigenvalue weighted by Crippen LogP contribution is 2.25. The van der Waals surface area contributed by atoms with E-state index in [0.29, 0.717) is 10.8 Å². The lowest BCUT2D eigenvalue weighted by atomic mass is 9.97. The molecule has 0 N–H and O–H groups in total. The molecule has 0 amide bonds. The molecule has 0 aliphatic heterocycles. The van der Waals surface area contributed by atoms with E-state index in [-0.39, 0.29) is 12.4 Å². The number of carbonyl (C=O) groups excluding carboxylic acids is 1. The molecule has 0 aliphatic carbocycles. The molecule has 2 aromatic carbocycles. The van der Waals surface area contributed by atoms with Crippen LogP contribution in [0.2, 0.25) is 5.02 Å². The topological polar surface area (TPSA) is 26.3 Å². The average molecular weight is 303 g/mol. The molecule has 0 atom stereocenters. The van der Waals surface area contributed by atoms with Crippen LogP contribution in [0.5, 0.6) is 5.75 Å². The van der Waals surface area contributed by atoms with Gasteiger partial charge in [0, 0.05) is 5.56 Å². The number of hydrogen-bond acceptors (Lipinski definition) is 2. The van der Waals surface area contributed by atoms with E-state index in [1.165, 1.54) is 0 Å². The second-order valence-corrected chi connectivity index (χ2v) is 5.83. The highest BCUT2D eigenvalue weighted by atomic mass is 35.5. The van der Waals surface area contributed by atoms with E-state index in [1.54, 1.807) is 6.07 Å². The van der Waals surface area contributed by atoms with Crippen LogP contribution >= 0.6 is 11.6 Å². The summed E-state index contributed by atoms with van der Waals surface area (Å²) in [6, 6.07) is 9.55. The fourth-order valence-electron chi connectivity index (χ4n) is 2.56. The minimum absolute atomic E-state index is 0.00643. The maximum atomic E-state index is 12.4. The highest BCUT2D eigenvalue weighted by molar-refractivity contribution is 6.32. The number of halogens is 1.